The Morgan fingerprint density at radius 1 is 0.852 bits per heavy atom. The lowest BCUT2D eigenvalue weighted by Gasteiger charge is -2.05. The molecule has 1 amide bonds. The maximum Gasteiger partial charge on any atom is 0.271 e. The van der Waals surface area contributed by atoms with Gasteiger partial charge in [-0.15, -0.1) is 0 Å². The van der Waals surface area contributed by atoms with Crippen LogP contribution in [0.15, 0.2) is 77.9 Å². The van der Waals surface area contributed by atoms with Gasteiger partial charge in [0.2, 0.25) is 0 Å². The number of carbonyl (C=O) groups excluding carboxylic acids is 1. The first-order chi connectivity index (χ1) is 13.1. The molecule has 4 aromatic carbocycles. The smallest absolute Gasteiger partial charge is 0.271 e. The molecule has 0 aliphatic heterocycles. The Morgan fingerprint density at radius 2 is 1.59 bits per heavy atom. The van der Waals surface area contributed by atoms with Crippen LogP contribution in [0, 0.1) is 0 Å². The van der Waals surface area contributed by atoms with Crippen LogP contribution in [-0.4, -0.2) is 22.3 Å². The van der Waals surface area contributed by atoms with Gasteiger partial charge in [0.25, 0.3) is 5.91 Å². The standard InChI is InChI=1S/C22H16N2O3/c25-18-9-7-14-11-16(6-5-15(14)12-18)22(27)24-23-13-17-8-10-21(26)20-4-2-1-3-19(17)20/h1-13,25-26H,(H,24,27). The highest BCUT2D eigenvalue weighted by atomic mass is 16.3. The van der Waals surface area contributed by atoms with E-state index in [-0.39, 0.29) is 17.4 Å². The molecule has 0 spiro atoms. The van der Waals surface area contributed by atoms with Crippen LogP contribution in [0.2, 0.25) is 0 Å². The number of benzene rings is 4. The first-order valence-electron chi connectivity index (χ1n) is 8.39. The number of hydrogen-bond donors (Lipinski definition) is 3. The molecule has 0 aliphatic carbocycles. The third kappa shape index (κ3) is 3.30. The zero-order valence-electron chi connectivity index (χ0n) is 14.3. The molecule has 27 heavy (non-hydrogen) atoms. The van der Waals surface area contributed by atoms with E-state index in [9.17, 15) is 15.0 Å². The van der Waals surface area contributed by atoms with E-state index in [1.54, 1.807) is 54.7 Å². The fourth-order valence-electron chi connectivity index (χ4n) is 3.02. The van der Waals surface area contributed by atoms with Crippen molar-refractivity contribution in [3.05, 3.63) is 83.9 Å². The Morgan fingerprint density at radius 3 is 2.44 bits per heavy atom. The molecule has 5 nitrogen and oxygen atoms in total. The van der Waals surface area contributed by atoms with Gasteiger partial charge < -0.3 is 10.2 Å². The summed E-state index contributed by atoms with van der Waals surface area (Å²) >= 11 is 0. The van der Waals surface area contributed by atoms with E-state index < -0.39 is 0 Å². The van der Waals surface area contributed by atoms with Gasteiger partial charge in [0.05, 0.1) is 6.21 Å². The van der Waals surface area contributed by atoms with Crippen LogP contribution in [0.25, 0.3) is 21.5 Å². The average Bonchev–Trinajstić information content (AvgIpc) is 2.69. The Kier molecular flexibility index (Phi) is 4.18. The lowest BCUT2D eigenvalue weighted by atomic mass is 10.0. The van der Waals surface area contributed by atoms with Gasteiger partial charge in [-0.1, -0.05) is 36.4 Å². The van der Waals surface area contributed by atoms with Gasteiger partial charge in [0.1, 0.15) is 11.5 Å². The SMILES string of the molecule is O=C(NN=Cc1ccc(O)c2ccccc12)c1ccc2cc(O)ccc2c1. The van der Waals surface area contributed by atoms with Crippen LogP contribution >= 0.6 is 0 Å². The lowest BCUT2D eigenvalue weighted by molar-refractivity contribution is 0.0955. The minimum absolute atomic E-state index is 0.186. The normalized spacial score (nSPS) is 11.3. The lowest BCUT2D eigenvalue weighted by Crippen LogP contribution is -2.17. The van der Waals surface area contributed by atoms with E-state index in [2.05, 4.69) is 10.5 Å². The molecular formula is C22H16N2O3. The van der Waals surface area contributed by atoms with Crippen LogP contribution in [-0.2, 0) is 0 Å². The molecule has 5 heteroatoms. The first-order valence-corrected chi connectivity index (χ1v) is 8.39. The molecule has 0 aliphatic rings. The van der Waals surface area contributed by atoms with Gasteiger partial charge in [-0.2, -0.15) is 5.10 Å². The van der Waals surface area contributed by atoms with Gasteiger partial charge >= 0.3 is 0 Å². The second-order valence-electron chi connectivity index (χ2n) is 6.16. The number of fused-ring (bicyclic) bond motifs is 2. The average molecular weight is 356 g/mol. The molecule has 0 fully saturated rings. The predicted octanol–water partition coefficient (Wildman–Crippen LogP) is 4.17. The Labute approximate surface area is 155 Å². The number of nitrogens with zero attached hydrogens (tertiary/aromatic N) is 1. The van der Waals surface area contributed by atoms with Gasteiger partial charge in [0.15, 0.2) is 0 Å². The van der Waals surface area contributed by atoms with E-state index in [0.29, 0.717) is 5.56 Å². The number of hydrazone groups is 1. The number of aromatic hydroxyl groups is 2. The summed E-state index contributed by atoms with van der Waals surface area (Å²) in [5.74, 6) is 0.0590. The summed E-state index contributed by atoms with van der Waals surface area (Å²) in [6, 6.07) is 21.0. The molecule has 0 bridgehead atoms. The van der Waals surface area contributed by atoms with Crippen molar-refractivity contribution in [2.75, 3.05) is 0 Å². The molecule has 0 saturated heterocycles. The third-order valence-electron chi connectivity index (χ3n) is 4.39. The van der Waals surface area contributed by atoms with Gasteiger partial charge in [-0.3, -0.25) is 4.79 Å². The van der Waals surface area contributed by atoms with Crippen molar-refractivity contribution in [1.29, 1.82) is 0 Å². The fourth-order valence-corrected chi connectivity index (χ4v) is 3.02. The van der Waals surface area contributed by atoms with Crippen LogP contribution < -0.4 is 5.43 Å². The highest BCUT2D eigenvalue weighted by molar-refractivity contribution is 6.03. The molecule has 4 aromatic rings. The van der Waals surface area contributed by atoms with E-state index in [4.69, 9.17) is 0 Å². The molecule has 0 unspecified atom stereocenters. The van der Waals surface area contributed by atoms with Crippen LogP contribution in [0.4, 0.5) is 0 Å². The van der Waals surface area contributed by atoms with Crippen molar-refractivity contribution in [3.8, 4) is 11.5 Å². The number of nitrogens with one attached hydrogen (secondary N) is 1. The molecule has 0 heterocycles. The summed E-state index contributed by atoms with van der Waals surface area (Å²) in [7, 11) is 0. The highest BCUT2D eigenvalue weighted by Crippen LogP contribution is 2.26. The van der Waals surface area contributed by atoms with E-state index >= 15 is 0 Å². The minimum atomic E-state index is -0.329. The molecule has 4 rings (SSSR count). The number of amides is 1. The fraction of sp³-hybridized carbons (Fsp3) is 0. The van der Waals surface area contributed by atoms with Crippen molar-refractivity contribution in [2.45, 2.75) is 0 Å². The van der Waals surface area contributed by atoms with Crippen molar-refractivity contribution >= 4 is 33.7 Å². The molecule has 0 atom stereocenters. The van der Waals surface area contributed by atoms with Gasteiger partial charge in [-0.05, 0) is 52.6 Å². The van der Waals surface area contributed by atoms with Gasteiger partial charge in [0, 0.05) is 16.5 Å². The second kappa shape index (κ2) is 6.80. The van der Waals surface area contributed by atoms with Gasteiger partial charge in [-0.25, -0.2) is 5.43 Å². The summed E-state index contributed by atoms with van der Waals surface area (Å²) in [4.78, 5) is 12.3. The summed E-state index contributed by atoms with van der Waals surface area (Å²) in [6.07, 6.45) is 1.55. The summed E-state index contributed by atoms with van der Waals surface area (Å²) in [5, 5.41) is 26.8. The zero-order valence-corrected chi connectivity index (χ0v) is 14.3. The van der Waals surface area contributed by atoms with Crippen LogP contribution in [0.1, 0.15) is 15.9 Å². The van der Waals surface area contributed by atoms with Crippen molar-refractivity contribution in [3.63, 3.8) is 0 Å². The van der Waals surface area contributed by atoms with Crippen LogP contribution in [0.3, 0.4) is 0 Å². The number of phenolic OH excluding ortho intramolecular Hbond substituents is 2. The predicted molar refractivity (Wildman–Crippen MR) is 106 cm³/mol. The first kappa shape index (κ1) is 16.6. The highest BCUT2D eigenvalue weighted by Gasteiger charge is 2.06. The Hall–Kier alpha value is -3.86. The van der Waals surface area contributed by atoms with E-state index in [0.717, 1.165) is 27.1 Å². The summed E-state index contributed by atoms with van der Waals surface area (Å²) < 4.78 is 0. The minimum Gasteiger partial charge on any atom is -0.508 e. The molecule has 3 N–H and O–H groups in total. The van der Waals surface area contributed by atoms with Crippen LogP contribution in [0.5, 0.6) is 11.5 Å². The molecule has 0 radical (unpaired) electrons. The molecule has 0 aromatic heterocycles. The second-order valence-corrected chi connectivity index (χ2v) is 6.16. The number of phenols is 2. The van der Waals surface area contributed by atoms with E-state index in [1.807, 2.05) is 24.3 Å². The molecule has 132 valence electrons. The van der Waals surface area contributed by atoms with Crippen molar-refractivity contribution in [1.82, 2.24) is 5.43 Å². The maximum absolute atomic E-state index is 12.3. The Bertz CT molecular complexity index is 1200. The zero-order chi connectivity index (χ0) is 18.8. The number of rotatable bonds is 3. The molecular weight excluding hydrogens is 340 g/mol. The largest absolute Gasteiger partial charge is 0.508 e. The molecule has 0 saturated carbocycles. The third-order valence-corrected chi connectivity index (χ3v) is 4.39. The Balaban J connectivity index is 1.56. The maximum atomic E-state index is 12.3. The van der Waals surface area contributed by atoms with Crippen molar-refractivity contribution < 1.29 is 15.0 Å². The monoisotopic (exact) mass is 356 g/mol. The summed E-state index contributed by atoms with van der Waals surface area (Å²) in [6.45, 7) is 0. The van der Waals surface area contributed by atoms with E-state index in [1.165, 1.54) is 0 Å². The number of carbonyl (C=O) groups is 1. The summed E-state index contributed by atoms with van der Waals surface area (Å²) in [5.41, 5.74) is 3.78. The van der Waals surface area contributed by atoms with Crippen molar-refractivity contribution in [2.24, 2.45) is 5.10 Å². The topological polar surface area (TPSA) is 81.9 Å². The quantitative estimate of drug-likeness (QED) is 0.381. The number of hydrogen-bond acceptors (Lipinski definition) is 4.